The molecule has 0 spiro atoms. The fraction of sp³-hybridized carbons (Fsp3) is 0.929. The summed E-state index contributed by atoms with van der Waals surface area (Å²) in [5.74, 6) is 0.965. The van der Waals surface area contributed by atoms with E-state index in [1.165, 1.54) is 7.05 Å². The van der Waals surface area contributed by atoms with E-state index in [0.717, 1.165) is 39.1 Å². The molecule has 0 aromatic carbocycles. The maximum Gasteiger partial charge on any atom is 0.390 e. The maximum absolute atomic E-state index is 12.0. The fourth-order valence-corrected chi connectivity index (χ4v) is 2.09. The maximum atomic E-state index is 12.0. The van der Waals surface area contributed by atoms with Gasteiger partial charge in [0.2, 0.25) is 0 Å². The Hall–Kier alpha value is -1.02. The molecule has 0 unspecified atom stereocenters. The Morgan fingerprint density at radius 2 is 1.91 bits per heavy atom. The summed E-state index contributed by atoms with van der Waals surface area (Å²) in [5.41, 5.74) is 0. The molecule has 2 N–H and O–H groups in total. The molecule has 0 aromatic heterocycles. The highest BCUT2D eigenvalue weighted by atomic mass is 19.4. The normalized spacial score (nSPS) is 17.5. The molecule has 130 valence electrons. The first-order valence-corrected chi connectivity index (χ1v) is 7.68. The Balaban J connectivity index is 1.97. The van der Waals surface area contributed by atoms with Gasteiger partial charge in [0.05, 0.1) is 6.42 Å². The molecule has 8 heteroatoms. The summed E-state index contributed by atoms with van der Waals surface area (Å²) >= 11 is 0. The second kappa shape index (κ2) is 10.7. The molecular formula is C14H26F3N3O2. The molecule has 1 fully saturated rings. The zero-order valence-corrected chi connectivity index (χ0v) is 13.0. The Labute approximate surface area is 129 Å². The summed E-state index contributed by atoms with van der Waals surface area (Å²) in [6.45, 7) is 3.44. The molecule has 1 rings (SSSR count). The number of ether oxygens (including phenoxy) is 2. The number of guanidine groups is 1. The predicted octanol–water partition coefficient (Wildman–Crippen LogP) is 1.94. The van der Waals surface area contributed by atoms with Crippen LogP contribution in [0.15, 0.2) is 4.99 Å². The Morgan fingerprint density at radius 1 is 1.23 bits per heavy atom. The van der Waals surface area contributed by atoms with Crippen LogP contribution in [0.4, 0.5) is 13.2 Å². The second-order valence-corrected chi connectivity index (χ2v) is 5.28. The predicted molar refractivity (Wildman–Crippen MR) is 79.0 cm³/mol. The zero-order chi connectivity index (χ0) is 16.3. The third-order valence-electron chi connectivity index (χ3n) is 3.38. The highest BCUT2D eigenvalue weighted by Gasteiger charge is 2.26. The van der Waals surface area contributed by atoms with Gasteiger partial charge < -0.3 is 20.1 Å². The van der Waals surface area contributed by atoms with E-state index < -0.39 is 12.6 Å². The number of nitrogens with zero attached hydrogens (tertiary/aromatic N) is 1. The summed E-state index contributed by atoms with van der Waals surface area (Å²) in [6, 6.07) is 0. The number of hydrogen-bond donors (Lipinski definition) is 2. The SMILES string of the molecule is CN=C(NCCCOCC1CCOCC1)NCCC(F)(F)F. The van der Waals surface area contributed by atoms with Crippen LogP contribution in [0.3, 0.4) is 0 Å². The monoisotopic (exact) mass is 325 g/mol. The van der Waals surface area contributed by atoms with E-state index in [2.05, 4.69) is 15.6 Å². The van der Waals surface area contributed by atoms with Gasteiger partial charge in [0, 0.05) is 46.6 Å². The molecule has 0 aromatic rings. The van der Waals surface area contributed by atoms with Crippen molar-refractivity contribution in [3.05, 3.63) is 0 Å². The standard InChI is InChI=1S/C14H26F3N3O2/c1-18-13(20-7-5-14(15,16)17)19-6-2-8-22-11-12-3-9-21-10-4-12/h12H,2-11H2,1H3,(H2,18,19,20). The summed E-state index contributed by atoms with van der Waals surface area (Å²) < 4.78 is 47.0. The minimum atomic E-state index is -4.15. The van der Waals surface area contributed by atoms with Crippen LogP contribution in [0, 0.1) is 5.92 Å². The van der Waals surface area contributed by atoms with E-state index in [0.29, 0.717) is 25.0 Å². The summed E-state index contributed by atoms with van der Waals surface area (Å²) in [5, 5.41) is 5.60. The fourth-order valence-electron chi connectivity index (χ4n) is 2.09. The van der Waals surface area contributed by atoms with Gasteiger partial charge in [0.15, 0.2) is 5.96 Å². The van der Waals surface area contributed by atoms with Crippen molar-refractivity contribution in [2.45, 2.75) is 31.9 Å². The lowest BCUT2D eigenvalue weighted by Gasteiger charge is -2.21. The van der Waals surface area contributed by atoms with Gasteiger partial charge in [-0.25, -0.2) is 0 Å². The van der Waals surface area contributed by atoms with Crippen LogP contribution in [-0.4, -0.2) is 58.7 Å². The van der Waals surface area contributed by atoms with Crippen molar-refractivity contribution in [1.82, 2.24) is 10.6 Å². The number of halogens is 3. The lowest BCUT2D eigenvalue weighted by Crippen LogP contribution is -2.39. The Kier molecular flexibility index (Phi) is 9.22. The summed E-state index contributed by atoms with van der Waals surface area (Å²) in [4.78, 5) is 3.87. The van der Waals surface area contributed by atoms with Gasteiger partial charge in [-0.05, 0) is 25.2 Å². The highest BCUT2D eigenvalue weighted by molar-refractivity contribution is 5.79. The van der Waals surface area contributed by atoms with E-state index >= 15 is 0 Å². The van der Waals surface area contributed by atoms with Crippen molar-refractivity contribution >= 4 is 5.96 Å². The average molecular weight is 325 g/mol. The summed E-state index contributed by atoms with van der Waals surface area (Å²) in [7, 11) is 1.53. The van der Waals surface area contributed by atoms with Gasteiger partial charge in [0.1, 0.15) is 0 Å². The van der Waals surface area contributed by atoms with Crippen molar-refractivity contribution in [2.75, 3.05) is 46.6 Å². The zero-order valence-electron chi connectivity index (χ0n) is 13.0. The van der Waals surface area contributed by atoms with Crippen LogP contribution in [0.25, 0.3) is 0 Å². The van der Waals surface area contributed by atoms with E-state index in [1.54, 1.807) is 0 Å². The molecule has 1 heterocycles. The van der Waals surface area contributed by atoms with E-state index in [-0.39, 0.29) is 6.54 Å². The molecule has 1 saturated heterocycles. The van der Waals surface area contributed by atoms with E-state index in [1.807, 2.05) is 0 Å². The molecule has 0 atom stereocenters. The number of hydrogen-bond acceptors (Lipinski definition) is 3. The van der Waals surface area contributed by atoms with Crippen LogP contribution >= 0.6 is 0 Å². The molecule has 0 bridgehead atoms. The minimum Gasteiger partial charge on any atom is -0.381 e. The molecule has 0 saturated carbocycles. The Morgan fingerprint density at radius 3 is 2.55 bits per heavy atom. The van der Waals surface area contributed by atoms with Crippen molar-refractivity contribution < 1.29 is 22.6 Å². The molecule has 0 radical (unpaired) electrons. The smallest absolute Gasteiger partial charge is 0.381 e. The van der Waals surface area contributed by atoms with Crippen LogP contribution in [-0.2, 0) is 9.47 Å². The lowest BCUT2D eigenvalue weighted by atomic mass is 10.0. The van der Waals surface area contributed by atoms with E-state index in [4.69, 9.17) is 9.47 Å². The molecular weight excluding hydrogens is 299 g/mol. The molecule has 22 heavy (non-hydrogen) atoms. The largest absolute Gasteiger partial charge is 0.390 e. The van der Waals surface area contributed by atoms with Crippen molar-refractivity contribution in [1.29, 1.82) is 0 Å². The Bertz CT molecular complexity index is 319. The number of rotatable bonds is 8. The van der Waals surface area contributed by atoms with Crippen LogP contribution in [0.1, 0.15) is 25.7 Å². The van der Waals surface area contributed by atoms with E-state index in [9.17, 15) is 13.2 Å². The second-order valence-electron chi connectivity index (χ2n) is 5.28. The van der Waals surface area contributed by atoms with Crippen molar-refractivity contribution in [3.8, 4) is 0 Å². The van der Waals surface area contributed by atoms with Crippen molar-refractivity contribution in [2.24, 2.45) is 10.9 Å². The molecule has 0 aliphatic carbocycles. The van der Waals surface area contributed by atoms with Gasteiger partial charge in [-0.15, -0.1) is 0 Å². The molecule has 0 amide bonds. The number of nitrogens with one attached hydrogen (secondary N) is 2. The topological polar surface area (TPSA) is 54.9 Å². The number of aliphatic imine (C=N–C) groups is 1. The lowest BCUT2D eigenvalue weighted by molar-refractivity contribution is -0.132. The first kappa shape index (κ1) is 19.0. The highest BCUT2D eigenvalue weighted by Crippen LogP contribution is 2.18. The molecule has 1 aliphatic rings. The van der Waals surface area contributed by atoms with Gasteiger partial charge in [0.25, 0.3) is 0 Å². The van der Waals surface area contributed by atoms with Gasteiger partial charge in [-0.2, -0.15) is 13.2 Å². The third kappa shape index (κ3) is 9.83. The summed E-state index contributed by atoms with van der Waals surface area (Å²) in [6.07, 6.45) is -2.14. The molecule has 5 nitrogen and oxygen atoms in total. The van der Waals surface area contributed by atoms with Crippen LogP contribution in [0.5, 0.6) is 0 Å². The van der Waals surface area contributed by atoms with Gasteiger partial charge in [-0.1, -0.05) is 0 Å². The first-order chi connectivity index (χ1) is 10.5. The van der Waals surface area contributed by atoms with Crippen LogP contribution < -0.4 is 10.6 Å². The van der Waals surface area contributed by atoms with Crippen molar-refractivity contribution in [3.63, 3.8) is 0 Å². The third-order valence-corrected chi connectivity index (χ3v) is 3.38. The minimum absolute atomic E-state index is 0.177. The van der Waals surface area contributed by atoms with Crippen LogP contribution in [0.2, 0.25) is 0 Å². The van der Waals surface area contributed by atoms with Gasteiger partial charge >= 0.3 is 6.18 Å². The number of alkyl halides is 3. The average Bonchev–Trinajstić information content (AvgIpc) is 2.48. The van der Waals surface area contributed by atoms with Gasteiger partial charge in [-0.3, -0.25) is 4.99 Å². The molecule has 1 aliphatic heterocycles. The quantitative estimate of drug-likeness (QED) is 0.407. The first-order valence-electron chi connectivity index (χ1n) is 7.68.